The van der Waals surface area contributed by atoms with Gasteiger partial charge in [-0.1, -0.05) is 18.2 Å². The van der Waals surface area contributed by atoms with Gasteiger partial charge in [0.25, 0.3) is 5.91 Å². The molecule has 0 saturated carbocycles. The van der Waals surface area contributed by atoms with Crippen LogP contribution in [0.1, 0.15) is 21.6 Å². The predicted molar refractivity (Wildman–Crippen MR) is 97.8 cm³/mol. The maximum atomic E-state index is 12.4. The minimum Gasteiger partial charge on any atom is -0.354 e. The molecule has 0 aliphatic carbocycles. The molecular weight excluding hydrogens is 326 g/mol. The lowest BCUT2D eigenvalue weighted by atomic mass is 10.2. The normalized spacial score (nSPS) is 9.62. The number of hydrogen-bond acceptors (Lipinski definition) is 5. The third-order valence-electron chi connectivity index (χ3n) is 3.57. The first-order valence-electron chi connectivity index (χ1n) is 7.73. The van der Waals surface area contributed by atoms with E-state index in [4.69, 9.17) is 10.5 Å². The van der Waals surface area contributed by atoms with Gasteiger partial charge in [0.2, 0.25) is 0 Å². The Kier molecular flexibility index (Phi) is 4.88. The fraction of sp³-hybridized carbons (Fsp3) is 0. The van der Waals surface area contributed by atoms with Crippen LogP contribution in [0.15, 0.2) is 66.9 Å². The molecule has 6 nitrogen and oxygen atoms in total. The summed E-state index contributed by atoms with van der Waals surface area (Å²) in [6.07, 6.45) is 1.51. The zero-order chi connectivity index (χ0) is 18.4. The number of carbonyl (C=O) groups excluding carboxylic acids is 1. The van der Waals surface area contributed by atoms with E-state index >= 15 is 0 Å². The van der Waals surface area contributed by atoms with Crippen molar-refractivity contribution in [3.8, 4) is 12.1 Å². The number of benzene rings is 2. The van der Waals surface area contributed by atoms with Crippen molar-refractivity contribution < 1.29 is 4.79 Å². The smallest absolute Gasteiger partial charge is 0.274 e. The van der Waals surface area contributed by atoms with Crippen molar-refractivity contribution in [3.63, 3.8) is 0 Å². The second kappa shape index (κ2) is 7.61. The molecule has 2 aromatic carbocycles. The second-order valence-electron chi connectivity index (χ2n) is 5.36. The zero-order valence-electron chi connectivity index (χ0n) is 13.6. The van der Waals surface area contributed by atoms with Crippen LogP contribution in [0.4, 0.5) is 17.1 Å². The topological polar surface area (TPSA) is 102 Å². The Morgan fingerprint density at radius 3 is 2.58 bits per heavy atom. The summed E-state index contributed by atoms with van der Waals surface area (Å²) >= 11 is 0. The summed E-state index contributed by atoms with van der Waals surface area (Å²) in [5.74, 6) is -0.391. The van der Waals surface area contributed by atoms with Gasteiger partial charge in [-0.25, -0.2) is 0 Å². The Bertz CT molecular complexity index is 1050. The molecule has 1 amide bonds. The van der Waals surface area contributed by atoms with Gasteiger partial charge in [-0.15, -0.1) is 0 Å². The van der Waals surface area contributed by atoms with E-state index in [1.165, 1.54) is 6.20 Å². The van der Waals surface area contributed by atoms with E-state index in [0.29, 0.717) is 28.2 Å². The van der Waals surface area contributed by atoms with Crippen molar-refractivity contribution in [2.45, 2.75) is 0 Å². The van der Waals surface area contributed by atoms with Gasteiger partial charge in [0.05, 0.1) is 22.9 Å². The van der Waals surface area contributed by atoms with Gasteiger partial charge in [0.1, 0.15) is 11.8 Å². The minimum atomic E-state index is -0.391. The van der Waals surface area contributed by atoms with E-state index < -0.39 is 5.91 Å². The number of nitriles is 2. The molecule has 1 aromatic heterocycles. The van der Waals surface area contributed by atoms with Gasteiger partial charge in [-0.3, -0.25) is 9.78 Å². The first-order chi connectivity index (χ1) is 12.7. The van der Waals surface area contributed by atoms with Gasteiger partial charge >= 0.3 is 0 Å². The van der Waals surface area contributed by atoms with Crippen molar-refractivity contribution in [2.24, 2.45) is 0 Å². The van der Waals surface area contributed by atoms with Gasteiger partial charge < -0.3 is 10.6 Å². The Hall–Kier alpha value is -4.16. The molecule has 0 saturated heterocycles. The highest BCUT2D eigenvalue weighted by atomic mass is 16.1. The average Bonchev–Trinajstić information content (AvgIpc) is 2.69. The molecule has 0 fully saturated rings. The van der Waals surface area contributed by atoms with Crippen molar-refractivity contribution >= 4 is 23.0 Å². The molecule has 124 valence electrons. The number of anilines is 3. The maximum absolute atomic E-state index is 12.4. The van der Waals surface area contributed by atoms with Crippen LogP contribution in [0, 0.1) is 22.7 Å². The molecular formula is C20H13N5O. The maximum Gasteiger partial charge on any atom is 0.274 e. The number of amides is 1. The van der Waals surface area contributed by atoms with Crippen LogP contribution in [-0.4, -0.2) is 10.9 Å². The number of carbonyl (C=O) groups is 1. The molecule has 0 aliphatic rings. The van der Waals surface area contributed by atoms with Crippen LogP contribution in [0.3, 0.4) is 0 Å². The van der Waals surface area contributed by atoms with Gasteiger partial charge in [0, 0.05) is 17.6 Å². The molecule has 0 radical (unpaired) electrons. The van der Waals surface area contributed by atoms with Crippen LogP contribution in [0.2, 0.25) is 0 Å². The number of rotatable bonds is 4. The van der Waals surface area contributed by atoms with Gasteiger partial charge in [-0.2, -0.15) is 10.5 Å². The summed E-state index contributed by atoms with van der Waals surface area (Å²) < 4.78 is 0. The third kappa shape index (κ3) is 3.84. The standard InChI is InChI=1S/C20H13N5O/c21-12-14-4-3-6-16(10-14)25-20(26)19-11-17(8-9-23-19)24-18-7-2-1-5-15(18)13-22/h1-11H,(H,23,24)(H,25,26). The number of para-hydroxylation sites is 1. The molecule has 2 N–H and O–H groups in total. The molecule has 3 aromatic rings. The quantitative estimate of drug-likeness (QED) is 0.752. The summed E-state index contributed by atoms with van der Waals surface area (Å²) in [6.45, 7) is 0. The van der Waals surface area contributed by atoms with Crippen LogP contribution in [0.5, 0.6) is 0 Å². The fourth-order valence-electron chi connectivity index (χ4n) is 2.34. The van der Waals surface area contributed by atoms with Crippen molar-refractivity contribution in [1.82, 2.24) is 4.98 Å². The fourth-order valence-corrected chi connectivity index (χ4v) is 2.34. The van der Waals surface area contributed by atoms with Crippen LogP contribution < -0.4 is 10.6 Å². The molecule has 26 heavy (non-hydrogen) atoms. The molecule has 0 unspecified atom stereocenters. The largest absolute Gasteiger partial charge is 0.354 e. The molecule has 0 spiro atoms. The molecule has 1 heterocycles. The lowest BCUT2D eigenvalue weighted by Gasteiger charge is -2.09. The third-order valence-corrected chi connectivity index (χ3v) is 3.57. The van der Waals surface area contributed by atoms with Gasteiger partial charge in [0.15, 0.2) is 0 Å². The Balaban J connectivity index is 1.79. The van der Waals surface area contributed by atoms with Crippen LogP contribution >= 0.6 is 0 Å². The first kappa shape index (κ1) is 16.7. The molecule has 0 atom stereocenters. The first-order valence-corrected chi connectivity index (χ1v) is 7.73. The monoisotopic (exact) mass is 339 g/mol. The van der Waals surface area contributed by atoms with Gasteiger partial charge in [-0.05, 0) is 42.5 Å². The number of hydrogen-bond donors (Lipinski definition) is 2. The van der Waals surface area contributed by atoms with Crippen molar-refractivity contribution in [3.05, 3.63) is 83.7 Å². The summed E-state index contributed by atoms with van der Waals surface area (Å²) in [7, 11) is 0. The van der Waals surface area contributed by atoms with Crippen LogP contribution in [-0.2, 0) is 0 Å². The highest BCUT2D eigenvalue weighted by Gasteiger charge is 2.10. The van der Waals surface area contributed by atoms with E-state index in [0.717, 1.165) is 0 Å². The highest BCUT2D eigenvalue weighted by Crippen LogP contribution is 2.20. The van der Waals surface area contributed by atoms with E-state index in [1.54, 1.807) is 54.6 Å². The lowest BCUT2D eigenvalue weighted by molar-refractivity contribution is 0.102. The lowest BCUT2D eigenvalue weighted by Crippen LogP contribution is -2.14. The predicted octanol–water partition coefficient (Wildman–Crippen LogP) is 3.82. The van der Waals surface area contributed by atoms with E-state index in [2.05, 4.69) is 21.7 Å². The summed E-state index contributed by atoms with van der Waals surface area (Å²) in [6, 6.07) is 21.2. The molecule has 3 rings (SSSR count). The summed E-state index contributed by atoms with van der Waals surface area (Å²) in [4.78, 5) is 16.5. The number of nitrogens with zero attached hydrogens (tertiary/aromatic N) is 3. The van der Waals surface area contributed by atoms with E-state index in [9.17, 15) is 4.79 Å². The number of nitrogens with one attached hydrogen (secondary N) is 2. The van der Waals surface area contributed by atoms with E-state index in [1.807, 2.05) is 12.1 Å². The van der Waals surface area contributed by atoms with E-state index in [-0.39, 0.29) is 5.69 Å². The minimum absolute atomic E-state index is 0.215. The molecule has 6 heteroatoms. The molecule has 0 aliphatic heterocycles. The van der Waals surface area contributed by atoms with Crippen LogP contribution in [0.25, 0.3) is 0 Å². The zero-order valence-corrected chi connectivity index (χ0v) is 13.6. The molecule has 0 bridgehead atoms. The Morgan fingerprint density at radius 2 is 1.77 bits per heavy atom. The second-order valence-corrected chi connectivity index (χ2v) is 5.36. The highest BCUT2D eigenvalue weighted by molar-refractivity contribution is 6.03. The van der Waals surface area contributed by atoms with Crippen molar-refractivity contribution in [1.29, 1.82) is 10.5 Å². The SMILES string of the molecule is N#Cc1cccc(NC(=O)c2cc(Nc3ccccc3C#N)ccn2)c1. The number of aromatic nitrogens is 1. The van der Waals surface area contributed by atoms with Crippen molar-refractivity contribution in [2.75, 3.05) is 10.6 Å². The summed E-state index contributed by atoms with van der Waals surface area (Å²) in [5.41, 5.74) is 2.98. The number of pyridine rings is 1. The Labute approximate surface area is 150 Å². The average molecular weight is 339 g/mol. The summed E-state index contributed by atoms with van der Waals surface area (Å²) in [5, 5.41) is 23.9. The Morgan fingerprint density at radius 1 is 0.923 bits per heavy atom.